The Labute approximate surface area is 393 Å². The molecular weight excluding hydrogens is 814 g/mol. The molecule has 0 unspecified atom stereocenters. The number of rotatable bonds is 8. The van der Waals surface area contributed by atoms with Crippen molar-refractivity contribution >= 4 is 85.1 Å². The third kappa shape index (κ3) is 7.03. The van der Waals surface area contributed by atoms with Crippen LogP contribution in [0.4, 0.5) is 51.2 Å². The zero-order chi connectivity index (χ0) is 45.1. The van der Waals surface area contributed by atoms with Crippen LogP contribution in [0.2, 0.25) is 0 Å². The van der Waals surface area contributed by atoms with Gasteiger partial charge in [0.25, 0.3) is 6.71 Å². The van der Waals surface area contributed by atoms with E-state index >= 15 is 0 Å². The highest BCUT2D eigenvalue weighted by Crippen LogP contribution is 2.49. The smallest absolute Gasteiger partial charge is 0.256 e. The maximum atomic E-state index is 7.14. The number of ether oxygens (including phenoxy) is 1. The summed E-state index contributed by atoms with van der Waals surface area (Å²) >= 11 is 0. The van der Waals surface area contributed by atoms with Gasteiger partial charge in [0.15, 0.2) is 0 Å². The van der Waals surface area contributed by atoms with Crippen LogP contribution in [0.1, 0.15) is 26.3 Å². The number of anilines is 9. The van der Waals surface area contributed by atoms with Gasteiger partial charge in [-0.25, -0.2) is 0 Å². The van der Waals surface area contributed by atoms with Crippen molar-refractivity contribution in [1.82, 2.24) is 0 Å². The van der Waals surface area contributed by atoms with E-state index < -0.39 is 0 Å². The molecule has 0 amide bonds. The summed E-state index contributed by atoms with van der Waals surface area (Å²) in [6.45, 7) is 6.81. The summed E-state index contributed by atoms with van der Waals surface area (Å²) in [5, 5.41) is 2.44. The molecular formula is C62H48BN3O. The number of nitrogens with zero attached hydrogens (tertiary/aromatic N) is 3. The molecule has 0 saturated heterocycles. The van der Waals surface area contributed by atoms with Crippen LogP contribution in [0.15, 0.2) is 237 Å². The lowest BCUT2D eigenvalue weighted by Crippen LogP contribution is -2.59. The van der Waals surface area contributed by atoms with Crippen LogP contribution in [0.3, 0.4) is 0 Å². The maximum Gasteiger partial charge on any atom is 0.256 e. The third-order valence-corrected chi connectivity index (χ3v) is 13.4. The van der Waals surface area contributed by atoms with Gasteiger partial charge in [0.1, 0.15) is 11.5 Å². The molecule has 10 aromatic carbocycles. The molecule has 67 heavy (non-hydrogen) atoms. The van der Waals surface area contributed by atoms with Crippen LogP contribution in [0, 0.1) is 0 Å². The molecule has 0 saturated carbocycles. The van der Waals surface area contributed by atoms with Gasteiger partial charge >= 0.3 is 0 Å². The summed E-state index contributed by atoms with van der Waals surface area (Å²) < 4.78 is 7.14. The van der Waals surface area contributed by atoms with Crippen molar-refractivity contribution in [1.29, 1.82) is 0 Å². The maximum absolute atomic E-state index is 7.14. The van der Waals surface area contributed by atoms with Crippen LogP contribution in [0.5, 0.6) is 11.5 Å². The topological polar surface area (TPSA) is 19.0 Å². The number of hydrogen-bond donors (Lipinski definition) is 0. The second kappa shape index (κ2) is 16.3. The number of fused-ring (bicyclic) bond motifs is 5. The largest absolute Gasteiger partial charge is 0.458 e. The van der Waals surface area contributed by atoms with Crippen LogP contribution >= 0.6 is 0 Å². The minimum atomic E-state index is -0.0945. The summed E-state index contributed by atoms with van der Waals surface area (Å²) in [7, 11) is 0. The fourth-order valence-corrected chi connectivity index (χ4v) is 10.3. The Bertz CT molecular complexity index is 3360. The first-order chi connectivity index (χ1) is 32.9. The molecule has 0 aliphatic carbocycles. The second-order valence-corrected chi connectivity index (χ2v) is 18.5. The van der Waals surface area contributed by atoms with Crippen LogP contribution in [-0.2, 0) is 5.41 Å². The summed E-state index contributed by atoms with van der Waals surface area (Å²) in [6.07, 6.45) is 0. The summed E-state index contributed by atoms with van der Waals surface area (Å²) in [6, 6.07) is 85.5. The molecule has 0 aromatic heterocycles. The van der Waals surface area contributed by atoms with Crippen molar-refractivity contribution in [2.24, 2.45) is 0 Å². The lowest BCUT2D eigenvalue weighted by atomic mass is 9.34. The first kappa shape index (κ1) is 40.3. The molecule has 2 aliphatic rings. The average Bonchev–Trinajstić information content (AvgIpc) is 3.37. The molecule has 10 aromatic rings. The quantitative estimate of drug-likeness (QED) is 0.142. The van der Waals surface area contributed by atoms with Gasteiger partial charge < -0.3 is 19.4 Å². The van der Waals surface area contributed by atoms with Gasteiger partial charge in [0.05, 0.1) is 5.69 Å². The fourth-order valence-electron chi connectivity index (χ4n) is 10.3. The molecule has 2 aliphatic heterocycles. The molecule has 5 heteroatoms. The predicted molar refractivity (Wildman–Crippen MR) is 283 cm³/mol. The van der Waals surface area contributed by atoms with Gasteiger partial charge in [-0.2, -0.15) is 0 Å². The standard InChI is InChI=1S/C62H48BN3O/c1-62(2,3)44-34-39-56(53(40-44)52-31-18-21-43-20-16-17-30-51(43)52)66-57-32-19-33-59-61(57)63(54-37-35-49(41-58(54)66)64(45-22-8-4-9-23-45)46-24-10-5-11-25-46)55-38-36-50(42-60(55)67-59)65(47-26-12-6-13-27-47)48-28-14-7-15-29-48/h4-42H,1-3H3. The number of hydrogen-bond acceptors (Lipinski definition) is 4. The highest BCUT2D eigenvalue weighted by atomic mass is 16.5. The minimum Gasteiger partial charge on any atom is -0.458 e. The highest BCUT2D eigenvalue weighted by molar-refractivity contribution is 6.99. The van der Waals surface area contributed by atoms with Crippen molar-refractivity contribution in [2.75, 3.05) is 14.7 Å². The zero-order valence-corrected chi connectivity index (χ0v) is 37.8. The zero-order valence-electron chi connectivity index (χ0n) is 37.8. The molecule has 0 atom stereocenters. The Balaban J connectivity index is 1.11. The fraction of sp³-hybridized carbons (Fsp3) is 0.0645. The van der Waals surface area contributed by atoms with E-state index in [1.807, 2.05) is 0 Å². The van der Waals surface area contributed by atoms with Crippen molar-refractivity contribution < 1.29 is 4.74 Å². The molecule has 12 rings (SSSR count). The van der Waals surface area contributed by atoms with Crippen LogP contribution < -0.4 is 35.8 Å². The van der Waals surface area contributed by atoms with Gasteiger partial charge in [0, 0.05) is 57.1 Å². The van der Waals surface area contributed by atoms with Crippen molar-refractivity contribution in [2.45, 2.75) is 26.2 Å². The molecule has 0 N–H and O–H groups in total. The third-order valence-electron chi connectivity index (χ3n) is 13.4. The monoisotopic (exact) mass is 861 g/mol. The molecule has 0 spiro atoms. The molecule has 0 fully saturated rings. The Hall–Kier alpha value is -8.28. The average molecular weight is 862 g/mol. The van der Waals surface area contributed by atoms with Gasteiger partial charge in [0.2, 0.25) is 0 Å². The lowest BCUT2D eigenvalue weighted by molar-refractivity contribution is 0.487. The van der Waals surface area contributed by atoms with Crippen molar-refractivity contribution in [3.05, 3.63) is 242 Å². The summed E-state index contributed by atoms with van der Waals surface area (Å²) in [4.78, 5) is 7.18. The van der Waals surface area contributed by atoms with Gasteiger partial charge in [-0.1, -0.05) is 160 Å². The van der Waals surface area contributed by atoms with E-state index in [9.17, 15) is 0 Å². The molecule has 0 bridgehead atoms. The molecule has 320 valence electrons. The normalized spacial score (nSPS) is 12.5. The van der Waals surface area contributed by atoms with E-state index in [2.05, 4.69) is 272 Å². The first-order valence-electron chi connectivity index (χ1n) is 23.2. The van der Waals surface area contributed by atoms with E-state index in [0.717, 1.165) is 73.6 Å². The van der Waals surface area contributed by atoms with E-state index in [1.54, 1.807) is 0 Å². The number of benzene rings is 10. The molecule has 4 nitrogen and oxygen atoms in total. The van der Waals surface area contributed by atoms with E-state index in [4.69, 9.17) is 4.74 Å². The van der Waals surface area contributed by atoms with Gasteiger partial charge in [-0.05, 0) is 135 Å². The van der Waals surface area contributed by atoms with Gasteiger partial charge in [-0.3, -0.25) is 0 Å². The van der Waals surface area contributed by atoms with Crippen LogP contribution in [-0.4, -0.2) is 6.71 Å². The predicted octanol–water partition coefficient (Wildman–Crippen LogP) is 15.1. The first-order valence-corrected chi connectivity index (χ1v) is 23.2. The van der Waals surface area contributed by atoms with Crippen LogP contribution in [0.25, 0.3) is 21.9 Å². The SMILES string of the molecule is CC(C)(C)c1ccc(N2c3cc(N(c4ccccc4)c4ccccc4)ccc3B3c4ccc(N(c5ccccc5)c5ccccc5)cc4Oc4cccc2c43)c(-c2cccc3ccccc23)c1. The molecule has 2 heterocycles. The lowest BCUT2D eigenvalue weighted by Gasteiger charge is -2.41. The Kier molecular flexibility index (Phi) is 9.80. The Morgan fingerprint density at radius 3 is 1.54 bits per heavy atom. The second-order valence-electron chi connectivity index (χ2n) is 18.5. The minimum absolute atomic E-state index is 0.0687. The highest BCUT2D eigenvalue weighted by Gasteiger charge is 2.43. The number of para-hydroxylation sites is 4. The molecule has 0 radical (unpaired) electrons. The summed E-state index contributed by atoms with van der Waals surface area (Å²) in [5.74, 6) is 1.72. The Morgan fingerprint density at radius 1 is 0.388 bits per heavy atom. The van der Waals surface area contributed by atoms with E-state index in [0.29, 0.717) is 0 Å². The van der Waals surface area contributed by atoms with E-state index in [1.165, 1.54) is 32.9 Å². The van der Waals surface area contributed by atoms with Crippen molar-refractivity contribution in [3.8, 4) is 22.6 Å². The Morgan fingerprint density at radius 2 is 0.925 bits per heavy atom. The van der Waals surface area contributed by atoms with Gasteiger partial charge in [-0.15, -0.1) is 0 Å². The van der Waals surface area contributed by atoms with E-state index in [-0.39, 0.29) is 12.1 Å². The van der Waals surface area contributed by atoms with Crippen molar-refractivity contribution in [3.63, 3.8) is 0 Å². The summed E-state index contributed by atoms with van der Waals surface area (Å²) in [5.41, 5.74) is 16.9.